The van der Waals surface area contributed by atoms with Gasteiger partial charge < -0.3 is 0 Å². The molecule has 0 amide bonds. The number of hydrogen-bond donors (Lipinski definition) is 0. The van der Waals surface area contributed by atoms with E-state index in [1.165, 1.54) is 27.8 Å². The lowest BCUT2D eigenvalue weighted by atomic mass is 9.93. The molecule has 0 atom stereocenters. The van der Waals surface area contributed by atoms with Crippen molar-refractivity contribution in [2.75, 3.05) is 0 Å². The Kier molecular flexibility index (Phi) is 3.33. The average Bonchev–Trinajstić information content (AvgIpc) is 2.93. The molecule has 0 N–H and O–H groups in total. The zero-order valence-electron chi connectivity index (χ0n) is 11.2. The van der Waals surface area contributed by atoms with E-state index in [0.29, 0.717) is 0 Å². The van der Waals surface area contributed by atoms with Gasteiger partial charge in [-0.05, 0) is 46.8 Å². The highest BCUT2D eigenvalue weighted by Crippen LogP contribution is 2.40. The summed E-state index contributed by atoms with van der Waals surface area (Å²) in [7, 11) is 0. The first-order valence-electron chi connectivity index (χ1n) is 6.84. The molecule has 1 aliphatic rings. The first-order valence-corrected chi connectivity index (χ1v) is 6.84. The summed E-state index contributed by atoms with van der Waals surface area (Å²) in [6.45, 7) is 2.21. The molecule has 1 radical (unpaired) electrons. The Morgan fingerprint density at radius 1 is 0.842 bits per heavy atom. The molecule has 0 saturated carbocycles. The number of hydrogen-bond acceptors (Lipinski definition) is 0. The topological polar surface area (TPSA) is 0 Å². The minimum Gasteiger partial charge on any atom is -0.0622 e. The van der Waals surface area contributed by atoms with Gasteiger partial charge in [0, 0.05) is 0 Å². The molecule has 3 rings (SSSR count). The summed E-state index contributed by atoms with van der Waals surface area (Å²) in [5.41, 5.74) is 6.77. The molecule has 0 saturated heterocycles. The van der Waals surface area contributed by atoms with Crippen molar-refractivity contribution in [3.63, 3.8) is 0 Å². The third kappa shape index (κ3) is 2.26. The summed E-state index contributed by atoms with van der Waals surface area (Å²) in [5.74, 6) is 0. The molecule has 0 nitrogen and oxygen atoms in total. The van der Waals surface area contributed by atoms with Gasteiger partial charge in [-0.1, -0.05) is 67.6 Å². The van der Waals surface area contributed by atoms with Gasteiger partial charge in [0.2, 0.25) is 0 Å². The molecule has 0 spiro atoms. The van der Waals surface area contributed by atoms with Crippen molar-refractivity contribution in [1.82, 2.24) is 0 Å². The Bertz CT molecular complexity index is 616. The number of benzene rings is 2. The molecule has 0 heterocycles. The predicted molar refractivity (Wildman–Crippen MR) is 81.4 cm³/mol. The van der Waals surface area contributed by atoms with Crippen LogP contribution in [0.5, 0.6) is 0 Å². The van der Waals surface area contributed by atoms with Crippen LogP contribution < -0.4 is 0 Å². The number of rotatable bonds is 3. The highest BCUT2D eigenvalue weighted by atomic mass is 14.2. The van der Waals surface area contributed by atoms with Crippen molar-refractivity contribution in [3.05, 3.63) is 83.4 Å². The van der Waals surface area contributed by atoms with Crippen molar-refractivity contribution in [2.45, 2.75) is 19.8 Å². The Labute approximate surface area is 115 Å². The van der Waals surface area contributed by atoms with Gasteiger partial charge in [-0.3, -0.25) is 0 Å². The summed E-state index contributed by atoms with van der Waals surface area (Å²) in [6.07, 6.45) is 5.52. The maximum atomic E-state index is 3.55. The smallest absolute Gasteiger partial charge is 0.000765 e. The van der Waals surface area contributed by atoms with Gasteiger partial charge in [0.1, 0.15) is 0 Å². The summed E-state index contributed by atoms with van der Waals surface area (Å²) in [6, 6.07) is 21.3. The van der Waals surface area contributed by atoms with E-state index < -0.39 is 0 Å². The fourth-order valence-electron chi connectivity index (χ4n) is 2.69. The summed E-state index contributed by atoms with van der Waals surface area (Å²) in [4.78, 5) is 0. The van der Waals surface area contributed by atoms with Crippen molar-refractivity contribution in [2.24, 2.45) is 0 Å². The fourth-order valence-corrected chi connectivity index (χ4v) is 2.69. The lowest BCUT2D eigenvalue weighted by molar-refractivity contribution is 1.14. The molecule has 2 aromatic rings. The minimum atomic E-state index is 0.928. The van der Waals surface area contributed by atoms with E-state index in [1.54, 1.807) is 0 Å². The highest BCUT2D eigenvalue weighted by Gasteiger charge is 2.19. The normalized spacial score (nSPS) is 14.7. The average molecular weight is 245 g/mol. The van der Waals surface area contributed by atoms with E-state index in [-0.39, 0.29) is 0 Å². The van der Waals surface area contributed by atoms with Crippen LogP contribution in [0.25, 0.3) is 11.1 Å². The van der Waals surface area contributed by atoms with Gasteiger partial charge in [0.25, 0.3) is 0 Å². The maximum Gasteiger partial charge on any atom is -0.000765 e. The van der Waals surface area contributed by atoms with E-state index in [1.807, 2.05) is 0 Å². The van der Waals surface area contributed by atoms with Crippen LogP contribution in [0.1, 0.15) is 30.9 Å². The molecule has 19 heavy (non-hydrogen) atoms. The van der Waals surface area contributed by atoms with Crippen LogP contribution in [0, 0.1) is 6.08 Å². The van der Waals surface area contributed by atoms with Crippen LogP contribution in [0.2, 0.25) is 0 Å². The second-order valence-corrected chi connectivity index (χ2v) is 4.77. The second kappa shape index (κ2) is 5.27. The van der Waals surface area contributed by atoms with Gasteiger partial charge in [-0.15, -0.1) is 0 Å². The van der Waals surface area contributed by atoms with Crippen LogP contribution >= 0.6 is 0 Å². The molecule has 93 valence electrons. The van der Waals surface area contributed by atoms with Crippen LogP contribution in [-0.4, -0.2) is 0 Å². The quantitative estimate of drug-likeness (QED) is 0.702. The maximum absolute atomic E-state index is 3.55. The third-order valence-corrected chi connectivity index (χ3v) is 3.62. The van der Waals surface area contributed by atoms with Crippen molar-refractivity contribution >= 4 is 11.1 Å². The third-order valence-electron chi connectivity index (χ3n) is 3.62. The summed E-state index contributed by atoms with van der Waals surface area (Å²) in [5, 5.41) is 0. The van der Waals surface area contributed by atoms with E-state index in [4.69, 9.17) is 0 Å². The Balaban J connectivity index is 2.15. The van der Waals surface area contributed by atoms with Gasteiger partial charge in [-0.25, -0.2) is 0 Å². The second-order valence-electron chi connectivity index (χ2n) is 4.77. The lowest BCUT2D eigenvalue weighted by Gasteiger charge is -2.11. The first-order chi connectivity index (χ1) is 9.40. The SMILES string of the molecule is CCC1=[C]CC(c2ccccc2)=C1c1ccccc1. The summed E-state index contributed by atoms with van der Waals surface area (Å²) < 4.78 is 0. The molecule has 0 bridgehead atoms. The molecule has 0 aliphatic heterocycles. The van der Waals surface area contributed by atoms with Crippen molar-refractivity contribution in [3.8, 4) is 0 Å². The van der Waals surface area contributed by atoms with Crippen LogP contribution in [0.3, 0.4) is 0 Å². The molecular weight excluding hydrogens is 228 g/mol. The van der Waals surface area contributed by atoms with E-state index in [2.05, 4.69) is 73.7 Å². The first kappa shape index (κ1) is 12.0. The zero-order valence-corrected chi connectivity index (χ0v) is 11.2. The Morgan fingerprint density at radius 2 is 1.42 bits per heavy atom. The van der Waals surface area contributed by atoms with E-state index in [0.717, 1.165) is 12.8 Å². The predicted octanol–water partition coefficient (Wildman–Crippen LogP) is 5.14. The highest BCUT2D eigenvalue weighted by molar-refractivity contribution is 6.00. The fraction of sp³-hybridized carbons (Fsp3) is 0.158. The van der Waals surface area contributed by atoms with Gasteiger partial charge in [0.15, 0.2) is 0 Å². The molecule has 0 aromatic heterocycles. The zero-order chi connectivity index (χ0) is 13.1. The van der Waals surface area contributed by atoms with Gasteiger partial charge >= 0.3 is 0 Å². The van der Waals surface area contributed by atoms with E-state index in [9.17, 15) is 0 Å². The minimum absolute atomic E-state index is 0.928. The van der Waals surface area contributed by atoms with Crippen LogP contribution in [0.4, 0.5) is 0 Å². The summed E-state index contributed by atoms with van der Waals surface area (Å²) >= 11 is 0. The Hall–Kier alpha value is -2.08. The monoisotopic (exact) mass is 245 g/mol. The van der Waals surface area contributed by atoms with Gasteiger partial charge in [-0.2, -0.15) is 0 Å². The molecule has 0 fully saturated rings. The van der Waals surface area contributed by atoms with Crippen molar-refractivity contribution in [1.29, 1.82) is 0 Å². The van der Waals surface area contributed by atoms with Crippen molar-refractivity contribution < 1.29 is 0 Å². The standard InChI is InChI=1S/C19H17/c1-2-15-13-14-18(16-9-5-3-6-10-16)19(15)17-11-7-4-8-12-17/h3-12H,2,14H2,1H3. The van der Waals surface area contributed by atoms with Crippen LogP contribution in [0.15, 0.2) is 66.2 Å². The molecule has 0 heteroatoms. The van der Waals surface area contributed by atoms with Gasteiger partial charge in [0.05, 0.1) is 0 Å². The molecule has 0 unspecified atom stereocenters. The molecule has 1 aliphatic carbocycles. The largest absolute Gasteiger partial charge is 0.0622 e. The molecule has 2 aromatic carbocycles. The Morgan fingerprint density at radius 3 is 2.00 bits per heavy atom. The van der Waals surface area contributed by atoms with Crippen LogP contribution in [-0.2, 0) is 0 Å². The number of allylic oxidation sites excluding steroid dienone is 4. The molecular formula is C19H17. The lowest BCUT2D eigenvalue weighted by Crippen LogP contribution is -1.90. The van der Waals surface area contributed by atoms with E-state index >= 15 is 0 Å².